The van der Waals surface area contributed by atoms with E-state index >= 15 is 0 Å². The fourth-order valence-corrected chi connectivity index (χ4v) is 2.95. The fourth-order valence-electron chi connectivity index (χ4n) is 2.95. The van der Waals surface area contributed by atoms with Crippen molar-refractivity contribution in [2.75, 3.05) is 0 Å². The van der Waals surface area contributed by atoms with Crippen molar-refractivity contribution < 1.29 is 10.7 Å². The lowest BCUT2D eigenvalue weighted by atomic mass is 9.99. The van der Waals surface area contributed by atoms with Gasteiger partial charge in [0, 0.05) is 16.3 Å². The Morgan fingerprint density at radius 1 is 1.10 bits per heavy atom. The van der Waals surface area contributed by atoms with E-state index in [-0.39, 0.29) is 16.7 Å². The lowest BCUT2D eigenvalue weighted by Crippen LogP contribution is -1.94. The molecule has 0 saturated heterocycles. The number of benzene rings is 3. The molecule has 0 radical (unpaired) electrons. The predicted molar refractivity (Wildman–Crippen MR) is 82.6 cm³/mol. The SMILES string of the molecule is [2H]c1cccc2c1oc1c3ccccc3c(C)c([N+](=O)[O-])c21. The number of fused-ring (bicyclic) bond motifs is 5. The van der Waals surface area contributed by atoms with Crippen LogP contribution in [0.25, 0.3) is 32.7 Å². The summed E-state index contributed by atoms with van der Waals surface area (Å²) in [6.45, 7) is 1.75. The van der Waals surface area contributed by atoms with E-state index in [1.807, 2.05) is 24.3 Å². The molecule has 0 aliphatic heterocycles. The Morgan fingerprint density at radius 3 is 2.52 bits per heavy atom. The Hall–Kier alpha value is -2.88. The summed E-state index contributed by atoms with van der Waals surface area (Å²) in [5.74, 6) is 0. The van der Waals surface area contributed by atoms with Crippen molar-refractivity contribution in [1.29, 1.82) is 0 Å². The first-order valence-electron chi connectivity index (χ1n) is 7.07. The smallest absolute Gasteiger partial charge is 0.284 e. The molecule has 1 heterocycles. The van der Waals surface area contributed by atoms with Gasteiger partial charge in [-0.25, -0.2) is 0 Å². The molecule has 0 amide bonds. The van der Waals surface area contributed by atoms with Crippen molar-refractivity contribution >= 4 is 38.4 Å². The number of nitro groups is 1. The van der Waals surface area contributed by atoms with Gasteiger partial charge in [0.2, 0.25) is 0 Å². The van der Waals surface area contributed by atoms with Crippen LogP contribution in [0.4, 0.5) is 5.69 Å². The van der Waals surface area contributed by atoms with Gasteiger partial charge in [-0.3, -0.25) is 10.1 Å². The van der Waals surface area contributed by atoms with Gasteiger partial charge in [0.15, 0.2) is 0 Å². The normalized spacial score (nSPS) is 12.1. The highest BCUT2D eigenvalue weighted by molar-refractivity contribution is 6.20. The lowest BCUT2D eigenvalue weighted by Gasteiger charge is -2.05. The van der Waals surface area contributed by atoms with Gasteiger partial charge in [0.25, 0.3) is 5.69 Å². The van der Waals surface area contributed by atoms with Crippen molar-refractivity contribution in [3.05, 3.63) is 64.2 Å². The molecule has 3 aromatic carbocycles. The summed E-state index contributed by atoms with van der Waals surface area (Å²) in [7, 11) is 0. The molecule has 0 fully saturated rings. The zero-order chi connectivity index (χ0) is 15.4. The lowest BCUT2D eigenvalue weighted by molar-refractivity contribution is -0.383. The third-order valence-electron chi connectivity index (χ3n) is 3.87. The van der Waals surface area contributed by atoms with E-state index in [4.69, 9.17) is 5.79 Å². The van der Waals surface area contributed by atoms with E-state index in [9.17, 15) is 10.1 Å². The second-order valence-electron chi connectivity index (χ2n) is 5.00. The average Bonchev–Trinajstić information content (AvgIpc) is 2.88. The van der Waals surface area contributed by atoms with Crippen LogP contribution in [-0.2, 0) is 0 Å². The molecule has 0 spiro atoms. The second-order valence-corrected chi connectivity index (χ2v) is 5.00. The van der Waals surface area contributed by atoms with Crippen molar-refractivity contribution in [3.63, 3.8) is 0 Å². The maximum atomic E-state index is 11.6. The van der Waals surface area contributed by atoms with Gasteiger partial charge in [-0.1, -0.05) is 42.5 Å². The van der Waals surface area contributed by atoms with Crippen molar-refractivity contribution in [2.45, 2.75) is 6.92 Å². The average molecular weight is 278 g/mol. The summed E-state index contributed by atoms with van der Waals surface area (Å²) in [5.41, 5.74) is 1.53. The van der Waals surface area contributed by atoms with Crippen LogP contribution < -0.4 is 0 Å². The molecule has 0 N–H and O–H groups in total. The molecular formula is C17H11NO3. The van der Waals surface area contributed by atoms with E-state index in [1.165, 1.54) is 0 Å². The first-order chi connectivity index (χ1) is 10.6. The monoisotopic (exact) mass is 278 g/mol. The Bertz CT molecular complexity index is 1080. The van der Waals surface area contributed by atoms with Crippen molar-refractivity contribution in [3.8, 4) is 0 Å². The summed E-state index contributed by atoms with van der Waals surface area (Å²) in [4.78, 5) is 11.3. The maximum absolute atomic E-state index is 11.6. The third kappa shape index (κ3) is 1.50. The number of nitrogens with zero attached hydrogens (tertiary/aromatic N) is 1. The highest BCUT2D eigenvalue weighted by Gasteiger charge is 2.24. The standard InChI is InChI=1S/C17H11NO3/c1-10-11-6-2-3-7-12(11)17-15(16(10)18(19)20)13-8-4-5-9-14(13)21-17/h2-9H,1H3/i9D. The van der Waals surface area contributed by atoms with Gasteiger partial charge < -0.3 is 4.42 Å². The molecule has 0 aliphatic carbocycles. The number of hydrogen-bond acceptors (Lipinski definition) is 3. The molecule has 21 heavy (non-hydrogen) atoms. The minimum absolute atomic E-state index is 0.0538. The molecule has 0 atom stereocenters. The highest BCUT2D eigenvalue weighted by atomic mass is 16.6. The fraction of sp³-hybridized carbons (Fsp3) is 0.0588. The molecule has 0 saturated carbocycles. The molecule has 1 aromatic heterocycles. The van der Waals surface area contributed by atoms with Crippen LogP contribution in [0.15, 0.2) is 52.9 Å². The van der Waals surface area contributed by atoms with E-state index in [1.54, 1.807) is 25.1 Å². The van der Waals surface area contributed by atoms with E-state index < -0.39 is 0 Å². The molecule has 4 nitrogen and oxygen atoms in total. The van der Waals surface area contributed by atoms with Crippen molar-refractivity contribution in [1.82, 2.24) is 0 Å². The Labute approximate surface area is 121 Å². The van der Waals surface area contributed by atoms with E-state index in [0.717, 1.165) is 10.8 Å². The first kappa shape index (κ1) is 10.9. The second kappa shape index (κ2) is 4.06. The summed E-state index contributed by atoms with van der Waals surface area (Å²) in [6, 6.07) is 12.8. The number of rotatable bonds is 1. The van der Waals surface area contributed by atoms with E-state index in [2.05, 4.69) is 0 Å². The Kier molecular flexibility index (Phi) is 2.10. The third-order valence-corrected chi connectivity index (χ3v) is 3.87. The maximum Gasteiger partial charge on any atom is 0.284 e. The van der Waals surface area contributed by atoms with Crippen LogP contribution in [-0.4, -0.2) is 4.92 Å². The highest BCUT2D eigenvalue weighted by Crippen LogP contribution is 2.42. The van der Waals surface area contributed by atoms with Gasteiger partial charge >= 0.3 is 0 Å². The molecule has 4 rings (SSSR count). The Balaban J connectivity index is 2.42. The van der Waals surface area contributed by atoms with Crippen LogP contribution in [0.2, 0.25) is 0 Å². The largest absolute Gasteiger partial charge is 0.455 e. The van der Waals surface area contributed by atoms with Gasteiger partial charge in [0.1, 0.15) is 16.6 Å². The van der Waals surface area contributed by atoms with E-state index in [0.29, 0.717) is 27.5 Å². The van der Waals surface area contributed by atoms with Crippen LogP contribution in [0.1, 0.15) is 6.93 Å². The number of nitro benzene ring substituents is 1. The first-order valence-corrected chi connectivity index (χ1v) is 6.57. The van der Waals surface area contributed by atoms with Crippen LogP contribution in [0, 0.1) is 17.0 Å². The van der Waals surface area contributed by atoms with Crippen LogP contribution in [0.5, 0.6) is 0 Å². The summed E-state index contributed by atoms with van der Waals surface area (Å²) < 4.78 is 13.8. The molecule has 0 bridgehead atoms. The molecule has 4 heteroatoms. The van der Waals surface area contributed by atoms with Crippen molar-refractivity contribution in [2.24, 2.45) is 0 Å². The van der Waals surface area contributed by atoms with Gasteiger partial charge in [-0.15, -0.1) is 0 Å². The molecule has 0 unspecified atom stereocenters. The summed E-state index contributed by atoms with van der Waals surface area (Å²) in [6.07, 6.45) is 0. The predicted octanol–water partition coefficient (Wildman–Crippen LogP) is 4.96. The minimum atomic E-state index is -0.365. The van der Waals surface area contributed by atoms with Crippen LogP contribution >= 0.6 is 0 Å². The molecule has 4 aromatic rings. The quantitative estimate of drug-likeness (QED) is 0.365. The topological polar surface area (TPSA) is 56.3 Å². The zero-order valence-corrected chi connectivity index (χ0v) is 11.2. The Morgan fingerprint density at radius 2 is 1.76 bits per heavy atom. The number of para-hydroxylation sites is 1. The number of aryl methyl sites for hydroxylation is 1. The van der Waals surface area contributed by atoms with Gasteiger partial charge in [-0.2, -0.15) is 0 Å². The minimum Gasteiger partial charge on any atom is -0.455 e. The summed E-state index contributed by atoms with van der Waals surface area (Å²) >= 11 is 0. The van der Waals surface area contributed by atoms with Crippen LogP contribution in [0.3, 0.4) is 0 Å². The number of furan rings is 1. The molecule has 0 aliphatic rings. The summed E-state index contributed by atoms with van der Waals surface area (Å²) in [5, 5.41) is 14.3. The molecule has 102 valence electrons. The van der Waals surface area contributed by atoms with Gasteiger partial charge in [0.05, 0.1) is 6.29 Å². The van der Waals surface area contributed by atoms with Gasteiger partial charge in [-0.05, 0) is 18.4 Å². The zero-order valence-electron chi connectivity index (χ0n) is 12.2. The molecular weight excluding hydrogens is 266 g/mol. The number of hydrogen-bond donors (Lipinski definition) is 0.